The Bertz CT molecular complexity index is 3840. The third kappa shape index (κ3) is 8.60. The molecule has 82 heavy (non-hydrogen) atoms. The van der Waals surface area contributed by atoms with Crippen LogP contribution < -0.4 is 30.4 Å². The molecule has 422 valence electrons. The fourth-order valence-electron chi connectivity index (χ4n) is 15.4. The van der Waals surface area contributed by atoms with Crippen molar-refractivity contribution in [3.05, 3.63) is 177 Å². The lowest BCUT2D eigenvalue weighted by Gasteiger charge is -2.44. The summed E-state index contributed by atoms with van der Waals surface area (Å²) in [5.41, 5.74) is 27.3. The van der Waals surface area contributed by atoms with Crippen molar-refractivity contribution in [1.82, 2.24) is 0 Å². The molecule has 0 amide bonds. The lowest BCUT2D eigenvalue weighted by molar-refractivity contribution is 0.332. The Morgan fingerprint density at radius 3 is 1.27 bits per heavy atom. The Kier molecular flexibility index (Phi) is 12.1. The highest BCUT2D eigenvalue weighted by molar-refractivity contribution is 7.33. The predicted octanol–water partition coefficient (Wildman–Crippen LogP) is 20.4. The molecule has 0 saturated heterocycles. The highest BCUT2D eigenvalue weighted by Gasteiger charge is 2.48. The quantitative estimate of drug-likeness (QED) is 0.159. The lowest BCUT2D eigenvalue weighted by atomic mass is 9.36. The fourth-order valence-corrected chi connectivity index (χ4v) is 16.8. The minimum Gasteiger partial charge on any atom is -0.311 e. The molecule has 7 aromatic carbocycles. The molecule has 5 aliphatic rings. The van der Waals surface area contributed by atoms with Gasteiger partial charge in [0.1, 0.15) is 0 Å². The van der Waals surface area contributed by atoms with E-state index < -0.39 is 0 Å². The van der Waals surface area contributed by atoms with Crippen molar-refractivity contribution in [2.24, 2.45) is 0 Å². The van der Waals surface area contributed by atoms with E-state index in [9.17, 15) is 0 Å². The van der Waals surface area contributed by atoms with Crippen LogP contribution >= 0.6 is 11.3 Å². The molecule has 8 aromatic rings. The van der Waals surface area contributed by atoms with Gasteiger partial charge in [0.15, 0.2) is 0 Å². The second kappa shape index (κ2) is 18.0. The van der Waals surface area contributed by atoms with Gasteiger partial charge in [-0.1, -0.05) is 167 Å². The Balaban J connectivity index is 1.11. The molecule has 3 heterocycles. The normalized spacial score (nSPS) is 19.4. The summed E-state index contributed by atoms with van der Waals surface area (Å²) in [6.45, 7) is 45.9. The van der Waals surface area contributed by atoms with Crippen molar-refractivity contribution >= 4 is 95.0 Å². The van der Waals surface area contributed by atoms with Crippen LogP contribution in [-0.4, -0.2) is 6.71 Å². The molecule has 0 atom stereocenters. The molecular weight excluding hydrogens is 1010 g/mol. The zero-order valence-electron chi connectivity index (χ0n) is 53.2. The molecule has 5 heteroatoms. The number of anilines is 9. The summed E-state index contributed by atoms with van der Waals surface area (Å²) >= 11 is 2.05. The molecule has 0 radical (unpaired) electrons. The Labute approximate surface area is 497 Å². The van der Waals surface area contributed by atoms with Gasteiger partial charge in [0, 0.05) is 60.4 Å². The van der Waals surface area contributed by atoms with Crippen molar-refractivity contribution in [3.63, 3.8) is 0 Å². The summed E-state index contributed by atoms with van der Waals surface area (Å²) in [5, 5.41) is 1.37. The predicted molar refractivity (Wildman–Crippen MR) is 359 cm³/mol. The van der Waals surface area contributed by atoms with E-state index in [2.05, 4.69) is 274 Å². The van der Waals surface area contributed by atoms with Crippen LogP contribution in [0.25, 0.3) is 10.1 Å². The van der Waals surface area contributed by atoms with Crippen LogP contribution in [0.4, 0.5) is 51.2 Å². The van der Waals surface area contributed by atoms with E-state index in [1.54, 1.807) is 0 Å². The first-order chi connectivity index (χ1) is 38.3. The minimum absolute atomic E-state index is 0.00213. The Hall–Kier alpha value is -6.04. The monoisotopic (exact) mass is 1100 g/mol. The van der Waals surface area contributed by atoms with Crippen LogP contribution in [0.1, 0.15) is 213 Å². The summed E-state index contributed by atoms with van der Waals surface area (Å²) in [6, 6.07) is 52.0. The standard InChI is InChI=1S/C77H90BN3S/c1-47-40-64-67-65(41-47)81(51-26-22-49(23-27-51)71(5,6)7)68-55-45-60-61(77(18,19)39-38-76(60,16)17)46-66(55)82-69(68)78(67)62-33-30-54(44-63(62)80(64)50-24-20-48(21-25-50)70(2,3)4)79(52-28-31-56-58(42-52)74(12,13)36-34-72(56,8)9)53-29-32-57-59(43-53)75(14,15)37-35-73(57,10)11/h20-33,40-46H,34-39H2,1-19H3. The van der Waals surface area contributed by atoms with E-state index in [0.717, 1.165) is 0 Å². The summed E-state index contributed by atoms with van der Waals surface area (Å²) in [4.78, 5) is 7.94. The first kappa shape index (κ1) is 55.2. The van der Waals surface area contributed by atoms with E-state index in [0.29, 0.717) is 0 Å². The molecular formula is C77H90BN3S. The maximum Gasteiger partial charge on any atom is 0.264 e. The number of benzene rings is 7. The Morgan fingerprint density at radius 2 is 0.805 bits per heavy atom. The van der Waals surface area contributed by atoms with E-state index in [1.165, 1.54) is 166 Å². The highest BCUT2D eigenvalue weighted by atomic mass is 32.1. The number of nitrogens with zero attached hydrogens (tertiary/aromatic N) is 3. The average Bonchev–Trinajstić information content (AvgIpc) is 2.16. The molecule has 0 unspecified atom stereocenters. The summed E-state index contributed by atoms with van der Waals surface area (Å²) < 4.78 is 2.82. The summed E-state index contributed by atoms with van der Waals surface area (Å²) in [6.07, 6.45) is 7.08. The van der Waals surface area contributed by atoms with Crippen LogP contribution in [-0.2, 0) is 43.3 Å². The highest BCUT2D eigenvalue weighted by Crippen LogP contribution is 2.55. The number of hydrogen-bond acceptors (Lipinski definition) is 4. The number of aryl methyl sites for hydroxylation is 1. The van der Waals surface area contributed by atoms with Crippen LogP contribution in [0.3, 0.4) is 0 Å². The lowest BCUT2D eigenvalue weighted by Crippen LogP contribution is -2.60. The molecule has 0 fully saturated rings. The molecule has 1 aromatic heterocycles. The van der Waals surface area contributed by atoms with Crippen molar-refractivity contribution in [2.45, 2.75) is 213 Å². The van der Waals surface area contributed by atoms with Crippen LogP contribution in [0.15, 0.2) is 127 Å². The first-order valence-corrected chi connectivity index (χ1v) is 31.9. The smallest absolute Gasteiger partial charge is 0.264 e. The molecule has 3 nitrogen and oxygen atoms in total. The second-order valence-electron chi connectivity index (χ2n) is 32.0. The minimum atomic E-state index is 0.00213. The van der Waals surface area contributed by atoms with Crippen LogP contribution in [0.5, 0.6) is 0 Å². The van der Waals surface area contributed by atoms with Crippen molar-refractivity contribution < 1.29 is 0 Å². The molecule has 0 N–H and O–H groups in total. The number of rotatable bonds is 5. The maximum atomic E-state index is 2.68. The van der Waals surface area contributed by atoms with Gasteiger partial charge in [0.05, 0.1) is 5.69 Å². The van der Waals surface area contributed by atoms with Gasteiger partial charge in [0.2, 0.25) is 0 Å². The molecule has 0 bridgehead atoms. The van der Waals surface area contributed by atoms with E-state index in [4.69, 9.17) is 0 Å². The van der Waals surface area contributed by atoms with Gasteiger partial charge >= 0.3 is 0 Å². The molecule has 13 rings (SSSR count). The molecule has 2 aliphatic heterocycles. The fraction of sp³-hybridized carbons (Fsp3) is 0.429. The molecule has 0 spiro atoms. The summed E-state index contributed by atoms with van der Waals surface area (Å²) in [5.74, 6) is 0. The van der Waals surface area contributed by atoms with E-state index >= 15 is 0 Å². The third-order valence-electron chi connectivity index (χ3n) is 21.2. The maximum absolute atomic E-state index is 2.68. The summed E-state index contributed by atoms with van der Waals surface area (Å²) in [7, 11) is 0. The van der Waals surface area contributed by atoms with Gasteiger partial charge in [-0.3, -0.25) is 0 Å². The molecule has 3 aliphatic carbocycles. The zero-order valence-corrected chi connectivity index (χ0v) is 54.0. The first-order valence-electron chi connectivity index (χ1n) is 31.1. The van der Waals surface area contributed by atoms with Gasteiger partial charge in [0.25, 0.3) is 6.71 Å². The van der Waals surface area contributed by atoms with E-state index in [-0.39, 0.29) is 50.0 Å². The number of fused-ring (bicyclic) bond motifs is 9. The molecule has 0 saturated carbocycles. The Morgan fingerprint density at radius 1 is 0.415 bits per heavy atom. The van der Waals surface area contributed by atoms with Crippen LogP contribution in [0, 0.1) is 6.92 Å². The number of thiophene rings is 1. The van der Waals surface area contributed by atoms with Gasteiger partial charge in [-0.15, -0.1) is 11.3 Å². The van der Waals surface area contributed by atoms with Crippen molar-refractivity contribution in [3.8, 4) is 0 Å². The zero-order chi connectivity index (χ0) is 58.4. The van der Waals surface area contributed by atoms with Crippen LogP contribution in [0.2, 0.25) is 0 Å². The van der Waals surface area contributed by atoms with Crippen molar-refractivity contribution in [1.29, 1.82) is 0 Å². The average molecular weight is 1100 g/mol. The largest absolute Gasteiger partial charge is 0.311 e. The SMILES string of the molecule is Cc1cc2c3c(c1)N(c1ccc(C(C)(C)C)cc1)c1c(sc4cc5c(cc14)C(C)(C)CCC5(C)C)B3c1ccc(N(c3ccc4c(c3)C(C)(C)CCC4(C)C)c3ccc4c(c3)C(C)(C)CCC4(C)C)cc1N2c1ccc(C(C)(C)C)cc1. The number of hydrogen-bond donors (Lipinski definition) is 0. The van der Waals surface area contributed by atoms with Gasteiger partial charge in [-0.05, 0) is 235 Å². The van der Waals surface area contributed by atoms with Crippen molar-refractivity contribution in [2.75, 3.05) is 14.7 Å². The second-order valence-corrected chi connectivity index (χ2v) is 33.0. The third-order valence-corrected chi connectivity index (χ3v) is 22.4. The topological polar surface area (TPSA) is 9.72 Å². The van der Waals surface area contributed by atoms with E-state index in [1.807, 2.05) is 11.3 Å². The van der Waals surface area contributed by atoms with Gasteiger partial charge in [-0.2, -0.15) is 0 Å². The van der Waals surface area contributed by atoms with Gasteiger partial charge in [-0.25, -0.2) is 0 Å². The van der Waals surface area contributed by atoms with Gasteiger partial charge < -0.3 is 14.7 Å².